The SMILES string of the molecule is CCC[Si]C.[Cl][Zr+2][Cl].c1ccc2cc(-c3cccc4[cH-]c(CC56CCC(CC5)C6)cc34)ccc2c1.c1ccc2cc(-c3cccc4[cH-]c(CC56CCC(CC5)C6)cc34)ccc2c1. The standard InChI is InChI=1S/2C27H25.C4H10Si.2ClH.Zr/c2*1-2-5-22-16-24(9-8-21(22)4-1)25-7-3-6-23-14-20(15-26(23)25)18-27-12-10-19(17-27)11-13-27;1-3-4-5-2;;;/h2*1-9,14-16,19H,10-13,17-18H2;3-4H2,1-2H3;2*1H;/q2*-1;;;;+4/p-2. The summed E-state index contributed by atoms with van der Waals surface area (Å²) in [4.78, 5) is 0. The molecule has 4 aliphatic rings. The Balaban J connectivity index is 0.000000135. The first-order valence-corrected chi connectivity index (χ1v) is 31.4. The number of rotatable bonds is 8. The molecule has 4 aliphatic carbocycles. The smallest absolute Gasteiger partial charge is 0.0178 e. The molecule has 12 rings (SSSR count). The van der Waals surface area contributed by atoms with Crippen LogP contribution in [0.25, 0.3) is 65.3 Å². The summed E-state index contributed by atoms with van der Waals surface area (Å²) in [5.74, 6) is 2.06. The van der Waals surface area contributed by atoms with Crippen LogP contribution in [0.2, 0.25) is 12.6 Å². The van der Waals surface area contributed by atoms with Crippen molar-refractivity contribution in [3.8, 4) is 22.3 Å². The summed E-state index contributed by atoms with van der Waals surface area (Å²) in [6.45, 7) is 4.46. The van der Waals surface area contributed by atoms with Crippen LogP contribution >= 0.6 is 17.0 Å². The fraction of sp³-hybridized carbons (Fsp3) is 0.345. The number of hydrogen-bond acceptors (Lipinski definition) is 0. The second-order valence-electron chi connectivity index (χ2n) is 19.3. The van der Waals surface area contributed by atoms with Gasteiger partial charge >= 0.3 is 37.9 Å². The second-order valence-corrected chi connectivity index (χ2v) is 24.2. The van der Waals surface area contributed by atoms with Gasteiger partial charge in [-0.2, -0.15) is 12.1 Å². The first-order valence-electron chi connectivity index (χ1n) is 23.4. The van der Waals surface area contributed by atoms with Crippen LogP contribution in [0.5, 0.6) is 0 Å². The fourth-order valence-electron chi connectivity index (χ4n) is 12.2. The molecule has 4 heteroatoms. The molecule has 0 aliphatic heterocycles. The summed E-state index contributed by atoms with van der Waals surface area (Å²) in [5, 5.41) is 10.9. The van der Waals surface area contributed by atoms with Crippen LogP contribution in [0.3, 0.4) is 0 Å². The summed E-state index contributed by atoms with van der Waals surface area (Å²) < 4.78 is 0. The third-order valence-electron chi connectivity index (χ3n) is 15.2. The van der Waals surface area contributed by atoms with E-state index in [9.17, 15) is 0 Å². The molecule has 4 saturated carbocycles. The van der Waals surface area contributed by atoms with Gasteiger partial charge in [-0.05, 0) is 145 Å². The van der Waals surface area contributed by atoms with Crippen molar-refractivity contribution in [2.75, 3.05) is 0 Å². The van der Waals surface area contributed by atoms with E-state index in [2.05, 4.69) is 159 Å². The average Bonchev–Trinajstić information content (AvgIpc) is 4.18. The van der Waals surface area contributed by atoms with E-state index in [4.69, 9.17) is 17.0 Å². The third-order valence-corrected chi connectivity index (χ3v) is 16.2. The van der Waals surface area contributed by atoms with Gasteiger partial charge < -0.3 is 0 Å². The van der Waals surface area contributed by atoms with Crippen molar-refractivity contribution in [1.29, 1.82) is 0 Å². The van der Waals surface area contributed by atoms with Crippen LogP contribution in [0.15, 0.2) is 146 Å². The van der Waals surface area contributed by atoms with Gasteiger partial charge in [0.25, 0.3) is 0 Å². The molecule has 0 spiro atoms. The maximum Gasteiger partial charge on any atom is -0.0178 e. The van der Waals surface area contributed by atoms with Crippen molar-refractivity contribution in [3.05, 3.63) is 157 Å². The number of hydrogen-bond donors (Lipinski definition) is 0. The topological polar surface area (TPSA) is 0 Å². The van der Waals surface area contributed by atoms with Crippen molar-refractivity contribution >= 4 is 69.6 Å². The van der Waals surface area contributed by atoms with E-state index in [1.165, 1.54) is 155 Å². The minimum atomic E-state index is -0.826. The van der Waals surface area contributed by atoms with E-state index >= 15 is 0 Å². The second kappa shape index (κ2) is 19.9. The van der Waals surface area contributed by atoms with Gasteiger partial charge in [0, 0.05) is 9.52 Å². The van der Waals surface area contributed by atoms with E-state index in [0.29, 0.717) is 10.8 Å². The van der Waals surface area contributed by atoms with Gasteiger partial charge in [0.2, 0.25) is 0 Å². The summed E-state index contributed by atoms with van der Waals surface area (Å²) in [5.41, 5.74) is 9.76. The molecule has 2 radical (unpaired) electrons. The van der Waals surface area contributed by atoms with Gasteiger partial charge in [0.05, 0.1) is 0 Å². The molecule has 0 aromatic heterocycles. The largest absolute Gasteiger partial charge is 0.164 e. The third kappa shape index (κ3) is 9.71. The molecule has 0 N–H and O–H groups in total. The molecular formula is C58H60Cl2SiZr. The van der Waals surface area contributed by atoms with Crippen LogP contribution < -0.4 is 0 Å². The van der Waals surface area contributed by atoms with Crippen molar-refractivity contribution < 1.29 is 20.8 Å². The quantitative estimate of drug-likeness (QED) is 0.105. The predicted molar refractivity (Wildman–Crippen MR) is 269 cm³/mol. The Labute approximate surface area is 392 Å². The van der Waals surface area contributed by atoms with Gasteiger partial charge in [0.1, 0.15) is 0 Å². The Kier molecular flexibility index (Phi) is 14.1. The van der Waals surface area contributed by atoms with Crippen LogP contribution in [0.1, 0.15) is 88.7 Å². The zero-order valence-corrected chi connectivity index (χ0v) is 41.6. The normalized spacial score (nSPS) is 21.9. The van der Waals surface area contributed by atoms with Crippen molar-refractivity contribution in [2.24, 2.45) is 22.7 Å². The molecule has 314 valence electrons. The molecule has 0 unspecified atom stereocenters. The van der Waals surface area contributed by atoms with Crippen molar-refractivity contribution in [3.63, 3.8) is 0 Å². The minimum absolute atomic E-state index is 0.623. The van der Waals surface area contributed by atoms with Crippen molar-refractivity contribution in [2.45, 2.75) is 103 Å². The first kappa shape index (κ1) is 44.0. The molecule has 0 atom stereocenters. The Hall–Kier alpha value is -3.26. The van der Waals surface area contributed by atoms with Crippen LogP contribution in [-0.2, 0) is 33.7 Å². The molecule has 4 fully saturated rings. The average molecular weight is 947 g/mol. The Bertz CT molecular complexity index is 2550. The monoisotopic (exact) mass is 944 g/mol. The summed E-state index contributed by atoms with van der Waals surface area (Å²) in [7, 11) is 11.0. The molecule has 0 heterocycles. The van der Waals surface area contributed by atoms with E-state index < -0.39 is 20.8 Å². The summed E-state index contributed by atoms with van der Waals surface area (Å²) in [6.07, 6.45) is 18.6. The van der Waals surface area contributed by atoms with E-state index in [-0.39, 0.29) is 0 Å². The summed E-state index contributed by atoms with van der Waals surface area (Å²) in [6, 6.07) is 55.9. The number of fused-ring (bicyclic) bond motifs is 8. The van der Waals surface area contributed by atoms with E-state index in [0.717, 1.165) is 21.4 Å². The maximum atomic E-state index is 4.93. The molecule has 0 nitrogen and oxygen atoms in total. The van der Waals surface area contributed by atoms with Gasteiger partial charge in [-0.25, -0.2) is 0 Å². The Morgan fingerprint density at radius 1 is 0.548 bits per heavy atom. The van der Waals surface area contributed by atoms with E-state index in [1.54, 1.807) is 11.1 Å². The van der Waals surface area contributed by atoms with Crippen LogP contribution in [0, 0.1) is 22.7 Å². The number of halogens is 2. The Morgan fingerprint density at radius 3 is 1.32 bits per heavy atom. The van der Waals surface area contributed by atoms with E-state index in [1.807, 2.05) is 0 Å². The molecule has 0 saturated heterocycles. The maximum absolute atomic E-state index is 4.93. The zero-order valence-electron chi connectivity index (χ0n) is 36.7. The molecule has 8 aromatic carbocycles. The van der Waals surface area contributed by atoms with Gasteiger partial charge in [-0.15, -0.1) is 69.1 Å². The van der Waals surface area contributed by atoms with Gasteiger partial charge in [0.15, 0.2) is 0 Å². The molecule has 0 amide bonds. The number of benzene rings is 6. The molecule has 8 aromatic rings. The Morgan fingerprint density at radius 2 is 0.968 bits per heavy atom. The van der Waals surface area contributed by atoms with Crippen LogP contribution in [-0.4, -0.2) is 9.52 Å². The molecule has 4 bridgehead atoms. The molecular weight excluding hydrogens is 887 g/mol. The minimum Gasteiger partial charge on any atom is -0.164 e. The first-order chi connectivity index (χ1) is 30.4. The van der Waals surface area contributed by atoms with Crippen LogP contribution in [0.4, 0.5) is 0 Å². The fourth-order valence-corrected chi connectivity index (χ4v) is 12.7. The zero-order chi connectivity index (χ0) is 42.5. The predicted octanol–water partition coefficient (Wildman–Crippen LogP) is 17.9. The van der Waals surface area contributed by atoms with Gasteiger partial charge in [-0.3, -0.25) is 0 Å². The van der Waals surface area contributed by atoms with Gasteiger partial charge in [-0.1, -0.05) is 122 Å². The van der Waals surface area contributed by atoms with Crippen molar-refractivity contribution in [1.82, 2.24) is 0 Å². The molecule has 62 heavy (non-hydrogen) atoms. The summed E-state index contributed by atoms with van der Waals surface area (Å²) >= 11 is -0.826.